The van der Waals surface area contributed by atoms with Crippen molar-refractivity contribution in [2.45, 2.75) is 25.9 Å². The van der Waals surface area contributed by atoms with Gasteiger partial charge in [-0.15, -0.1) is 0 Å². The van der Waals surface area contributed by atoms with Crippen LogP contribution in [-0.4, -0.2) is 60.5 Å². The Morgan fingerprint density at radius 3 is 2.73 bits per heavy atom. The standard InChI is InChI=1S/C18H22F3N3O2/c1-12-9-23(11-18(19,20)21)6-7-24(10-12)17(26)14-2-4-15-13(8-14)3-5-16(25)22-15/h2,4,8,12H,3,5-7,9-11H2,1H3,(H,22,25). The molecule has 2 amide bonds. The number of aryl methyl sites for hydroxylation is 1. The van der Waals surface area contributed by atoms with Crippen molar-refractivity contribution >= 4 is 17.5 Å². The number of hydrogen-bond acceptors (Lipinski definition) is 3. The van der Waals surface area contributed by atoms with E-state index >= 15 is 0 Å². The Morgan fingerprint density at radius 2 is 2.00 bits per heavy atom. The summed E-state index contributed by atoms with van der Waals surface area (Å²) in [5.74, 6) is -0.256. The summed E-state index contributed by atoms with van der Waals surface area (Å²) >= 11 is 0. The minimum atomic E-state index is -4.23. The Morgan fingerprint density at radius 1 is 1.23 bits per heavy atom. The van der Waals surface area contributed by atoms with Gasteiger partial charge in [-0.3, -0.25) is 14.5 Å². The Kier molecular flexibility index (Phi) is 5.22. The van der Waals surface area contributed by atoms with Crippen LogP contribution in [0.4, 0.5) is 18.9 Å². The normalized spacial score (nSPS) is 21.8. The molecule has 1 aromatic rings. The van der Waals surface area contributed by atoms with Gasteiger partial charge in [0.15, 0.2) is 0 Å². The van der Waals surface area contributed by atoms with Crippen LogP contribution >= 0.6 is 0 Å². The zero-order valence-corrected chi connectivity index (χ0v) is 14.6. The quantitative estimate of drug-likeness (QED) is 0.872. The molecule has 1 N–H and O–H groups in total. The van der Waals surface area contributed by atoms with Gasteiger partial charge in [-0.05, 0) is 36.1 Å². The van der Waals surface area contributed by atoms with Gasteiger partial charge in [-0.25, -0.2) is 0 Å². The highest BCUT2D eigenvalue weighted by atomic mass is 19.4. The summed E-state index contributed by atoms with van der Waals surface area (Å²) in [6.45, 7) is 2.14. The van der Waals surface area contributed by atoms with E-state index in [4.69, 9.17) is 0 Å². The first-order valence-electron chi connectivity index (χ1n) is 8.72. The summed E-state index contributed by atoms with van der Waals surface area (Å²) in [6, 6.07) is 5.16. The van der Waals surface area contributed by atoms with Crippen LogP contribution in [0, 0.1) is 5.92 Å². The molecule has 3 rings (SSSR count). The van der Waals surface area contributed by atoms with Crippen LogP contribution in [0.2, 0.25) is 0 Å². The molecule has 2 heterocycles. The van der Waals surface area contributed by atoms with Gasteiger partial charge in [0, 0.05) is 43.9 Å². The molecule has 142 valence electrons. The van der Waals surface area contributed by atoms with Crippen LogP contribution in [0.1, 0.15) is 29.3 Å². The number of alkyl halides is 3. The van der Waals surface area contributed by atoms with E-state index in [0.29, 0.717) is 31.5 Å². The molecule has 0 spiro atoms. The molecule has 0 aromatic heterocycles. The highest BCUT2D eigenvalue weighted by Gasteiger charge is 2.33. The number of nitrogens with one attached hydrogen (secondary N) is 1. The van der Waals surface area contributed by atoms with Crippen LogP contribution in [0.5, 0.6) is 0 Å². The van der Waals surface area contributed by atoms with Crippen LogP contribution in [0.15, 0.2) is 18.2 Å². The SMILES string of the molecule is CC1CN(CC(F)(F)F)CCN(C(=O)c2ccc3c(c2)CCC(=O)N3)C1. The van der Waals surface area contributed by atoms with Gasteiger partial charge in [0.05, 0.1) is 6.54 Å². The van der Waals surface area contributed by atoms with E-state index in [2.05, 4.69) is 5.32 Å². The van der Waals surface area contributed by atoms with Crippen molar-refractivity contribution in [2.75, 3.05) is 38.0 Å². The number of nitrogens with zero attached hydrogens (tertiary/aromatic N) is 2. The van der Waals surface area contributed by atoms with E-state index < -0.39 is 12.7 Å². The largest absolute Gasteiger partial charge is 0.401 e. The van der Waals surface area contributed by atoms with E-state index in [1.54, 1.807) is 23.1 Å². The van der Waals surface area contributed by atoms with E-state index in [9.17, 15) is 22.8 Å². The highest BCUT2D eigenvalue weighted by molar-refractivity contribution is 5.98. The topological polar surface area (TPSA) is 52.7 Å². The summed E-state index contributed by atoms with van der Waals surface area (Å²) < 4.78 is 38.0. The van der Waals surface area contributed by atoms with Crippen molar-refractivity contribution < 1.29 is 22.8 Å². The molecule has 1 fully saturated rings. The molecule has 1 unspecified atom stereocenters. The first kappa shape index (κ1) is 18.7. The first-order chi connectivity index (χ1) is 12.2. The molecule has 1 saturated heterocycles. The number of rotatable bonds is 2. The summed E-state index contributed by atoms with van der Waals surface area (Å²) in [7, 11) is 0. The fourth-order valence-electron chi connectivity index (χ4n) is 3.60. The molecule has 0 bridgehead atoms. The van der Waals surface area contributed by atoms with Gasteiger partial charge in [-0.2, -0.15) is 13.2 Å². The molecule has 26 heavy (non-hydrogen) atoms. The average Bonchev–Trinajstić information content (AvgIpc) is 2.73. The fourth-order valence-corrected chi connectivity index (χ4v) is 3.60. The van der Waals surface area contributed by atoms with Crippen LogP contribution in [0.3, 0.4) is 0 Å². The first-order valence-corrected chi connectivity index (χ1v) is 8.72. The molecular weight excluding hydrogens is 347 g/mol. The van der Waals surface area contributed by atoms with Crippen molar-refractivity contribution in [3.05, 3.63) is 29.3 Å². The number of carbonyl (C=O) groups is 2. The minimum Gasteiger partial charge on any atom is -0.337 e. The summed E-state index contributed by atoms with van der Waals surface area (Å²) in [5, 5.41) is 2.77. The maximum absolute atomic E-state index is 12.8. The van der Waals surface area contributed by atoms with E-state index in [0.717, 1.165) is 11.3 Å². The van der Waals surface area contributed by atoms with Gasteiger partial charge in [0.2, 0.25) is 5.91 Å². The highest BCUT2D eigenvalue weighted by Crippen LogP contribution is 2.25. The van der Waals surface area contributed by atoms with Gasteiger partial charge in [0.25, 0.3) is 5.91 Å². The van der Waals surface area contributed by atoms with Crippen LogP contribution in [0.25, 0.3) is 0 Å². The summed E-state index contributed by atoms with van der Waals surface area (Å²) in [6.07, 6.45) is -3.27. The fraction of sp³-hybridized carbons (Fsp3) is 0.556. The van der Waals surface area contributed by atoms with Crippen LogP contribution in [-0.2, 0) is 11.2 Å². The second-order valence-corrected chi connectivity index (χ2v) is 7.13. The van der Waals surface area contributed by atoms with Gasteiger partial charge < -0.3 is 10.2 Å². The van der Waals surface area contributed by atoms with E-state index in [-0.39, 0.29) is 30.8 Å². The maximum Gasteiger partial charge on any atom is 0.401 e. The third-order valence-corrected chi connectivity index (χ3v) is 4.73. The zero-order valence-electron chi connectivity index (χ0n) is 14.6. The number of halogens is 3. The zero-order chi connectivity index (χ0) is 18.9. The number of hydrogen-bond donors (Lipinski definition) is 1. The Labute approximate surface area is 150 Å². The predicted molar refractivity (Wildman–Crippen MR) is 91.0 cm³/mol. The predicted octanol–water partition coefficient (Wildman–Crippen LogP) is 2.53. The summed E-state index contributed by atoms with van der Waals surface area (Å²) in [4.78, 5) is 27.3. The number of fused-ring (bicyclic) bond motifs is 1. The average molecular weight is 369 g/mol. The Balaban J connectivity index is 1.70. The molecule has 0 radical (unpaired) electrons. The number of benzene rings is 1. The number of amides is 2. The molecule has 0 aliphatic carbocycles. The molecule has 2 aliphatic rings. The van der Waals surface area contributed by atoms with Gasteiger partial charge in [0.1, 0.15) is 0 Å². The number of carbonyl (C=O) groups excluding carboxylic acids is 2. The van der Waals surface area contributed by atoms with Crippen molar-refractivity contribution in [3.63, 3.8) is 0 Å². The lowest BCUT2D eigenvalue weighted by molar-refractivity contribution is -0.146. The molecule has 1 atom stereocenters. The van der Waals surface area contributed by atoms with Crippen molar-refractivity contribution in [3.8, 4) is 0 Å². The molecule has 5 nitrogen and oxygen atoms in total. The maximum atomic E-state index is 12.8. The molecule has 8 heteroatoms. The van der Waals surface area contributed by atoms with E-state index in [1.165, 1.54) is 4.90 Å². The lowest BCUT2D eigenvalue weighted by Gasteiger charge is -2.24. The lowest BCUT2D eigenvalue weighted by Crippen LogP contribution is -2.38. The van der Waals surface area contributed by atoms with E-state index in [1.807, 2.05) is 6.92 Å². The second-order valence-electron chi connectivity index (χ2n) is 7.13. The monoisotopic (exact) mass is 369 g/mol. The minimum absolute atomic E-state index is 0.0392. The third-order valence-electron chi connectivity index (χ3n) is 4.73. The number of anilines is 1. The van der Waals surface area contributed by atoms with Crippen molar-refractivity contribution in [2.24, 2.45) is 5.92 Å². The van der Waals surface area contributed by atoms with Crippen molar-refractivity contribution in [1.82, 2.24) is 9.80 Å². The Bertz CT molecular complexity index is 705. The van der Waals surface area contributed by atoms with Crippen molar-refractivity contribution in [1.29, 1.82) is 0 Å². The smallest absolute Gasteiger partial charge is 0.337 e. The third kappa shape index (κ3) is 4.55. The van der Waals surface area contributed by atoms with Gasteiger partial charge in [-0.1, -0.05) is 6.92 Å². The molecule has 1 aromatic carbocycles. The molecular formula is C18H22F3N3O2. The Hall–Kier alpha value is -2.09. The second kappa shape index (κ2) is 7.26. The summed E-state index contributed by atoms with van der Waals surface area (Å²) in [5.41, 5.74) is 2.15. The molecule has 2 aliphatic heterocycles. The lowest BCUT2D eigenvalue weighted by atomic mass is 9.99. The molecule has 0 saturated carbocycles. The van der Waals surface area contributed by atoms with Crippen LogP contribution < -0.4 is 5.32 Å². The van der Waals surface area contributed by atoms with Gasteiger partial charge >= 0.3 is 6.18 Å².